The maximum atomic E-state index is 5.49. The fraction of sp³-hybridized carbons (Fsp3) is 0.600. The molecule has 0 spiro atoms. The van der Waals surface area contributed by atoms with E-state index in [1.54, 1.807) is 0 Å². The van der Waals surface area contributed by atoms with Gasteiger partial charge in [-0.25, -0.2) is 0 Å². The van der Waals surface area contributed by atoms with Crippen molar-refractivity contribution in [2.75, 3.05) is 13.1 Å². The predicted octanol–water partition coefficient (Wildman–Crippen LogP) is 3.00. The molecule has 96 valence electrons. The lowest BCUT2D eigenvalue weighted by Gasteiger charge is -2.19. The van der Waals surface area contributed by atoms with Crippen LogP contribution in [0.4, 0.5) is 0 Å². The fourth-order valence-electron chi connectivity index (χ4n) is 2.56. The molecule has 0 bridgehead atoms. The zero-order chi connectivity index (χ0) is 12.8. The van der Waals surface area contributed by atoms with Crippen molar-refractivity contribution >= 4 is 0 Å². The molecule has 1 atom stereocenters. The maximum absolute atomic E-state index is 5.49. The molecule has 1 aromatic rings. The van der Waals surface area contributed by atoms with E-state index in [1.165, 1.54) is 22.3 Å². The summed E-state index contributed by atoms with van der Waals surface area (Å²) in [6, 6.07) is 4.95. The van der Waals surface area contributed by atoms with Crippen LogP contribution in [0.15, 0.2) is 12.1 Å². The molecule has 0 aliphatic carbocycles. The first-order chi connectivity index (χ1) is 8.06. The summed E-state index contributed by atoms with van der Waals surface area (Å²) in [5.74, 6) is 0. The number of rotatable bonds is 6. The molecule has 1 aromatic carbocycles. The van der Waals surface area contributed by atoms with Gasteiger partial charge in [0.15, 0.2) is 0 Å². The molecule has 1 rings (SSSR count). The zero-order valence-corrected chi connectivity index (χ0v) is 11.6. The Morgan fingerprint density at radius 1 is 1.12 bits per heavy atom. The Morgan fingerprint density at radius 2 is 1.71 bits per heavy atom. The Labute approximate surface area is 106 Å². The highest BCUT2D eigenvalue weighted by Gasteiger charge is 2.10. The van der Waals surface area contributed by atoms with Crippen molar-refractivity contribution in [2.45, 2.75) is 46.6 Å². The van der Waals surface area contributed by atoms with Gasteiger partial charge in [-0.3, -0.25) is 0 Å². The molecule has 0 saturated carbocycles. The van der Waals surface area contributed by atoms with E-state index in [-0.39, 0.29) is 0 Å². The second-order valence-corrected chi connectivity index (χ2v) is 4.98. The molecule has 3 N–H and O–H groups in total. The summed E-state index contributed by atoms with van der Waals surface area (Å²) in [6.07, 6.45) is 2.26. The monoisotopic (exact) mass is 234 g/mol. The first kappa shape index (κ1) is 14.2. The summed E-state index contributed by atoms with van der Waals surface area (Å²) in [5.41, 5.74) is 11.1. The number of nitrogens with two attached hydrogens (primary N) is 1. The largest absolute Gasteiger partial charge is 0.330 e. The lowest BCUT2D eigenvalue weighted by Crippen LogP contribution is -2.22. The van der Waals surface area contributed by atoms with Crippen LogP contribution in [0.25, 0.3) is 0 Å². The first-order valence-corrected chi connectivity index (χ1v) is 6.57. The van der Waals surface area contributed by atoms with Gasteiger partial charge in [-0.05, 0) is 70.3 Å². The van der Waals surface area contributed by atoms with Gasteiger partial charge in [-0.2, -0.15) is 0 Å². The molecule has 0 fully saturated rings. The average molecular weight is 234 g/mol. The Morgan fingerprint density at radius 3 is 2.24 bits per heavy atom. The Kier molecular flexibility index (Phi) is 5.66. The molecule has 1 unspecified atom stereocenters. The second-order valence-electron chi connectivity index (χ2n) is 4.98. The molecule has 0 radical (unpaired) electrons. The Balaban J connectivity index is 2.65. The number of aryl methyl sites for hydroxylation is 3. The van der Waals surface area contributed by atoms with Gasteiger partial charge in [0, 0.05) is 6.04 Å². The second kappa shape index (κ2) is 6.77. The standard InChI is InChI=1S/C15H26N2/c1-11-9-12(2)15(13(3)10-11)14(4)17-8-6-5-7-16/h9-10,14,17H,5-8,16H2,1-4H3. The van der Waals surface area contributed by atoms with Gasteiger partial charge in [-0.1, -0.05) is 17.7 Å². The number of hydrogen-bond acceptors (Lipinski definition) is 2. The minimum Gasteiger partial charge on any atom is -0.330 e. The molecule has 0 saturated heterocycles. The van der Waals surface area contributed by atoms with Crippen LogP contribution in [-0.2, 0) is 0 Å². The quantitative estimate of drug-likeness (QED) is 0.743. The smallest absolute Gasteiger partial charge is 0.0297 e. The van der Waals surface area contributed by atoms with Gasteiger partial charge >= 0.3 is 0 Å². The van der Waals surface area contributed by atoms with Crippen molar-refractivity contribution < 1.29 is 0 Å². The van der Waals surface area contributed by atoms with Crippen LogP contribution in [0, 0.1) is 20.8 Å². The molecule has 0 aliphatic rings. The van der Waals surface area contributed by atoms with E-state index < -0.39 is 0 Å². The third kappa shape index (κ3) is 4.14. The molecule has 0 amide bonds. The van der Waals surface area contributed by atoms with E-state index in [4.69, 9.17) is 5.73 Å². The van der Waals surface area contributed by atoms with E-state index in [0.29, 0.717) is 6.04 Å². The molecule has 0 aromatic heterocycles. The van der Waals surface area contributed by atoms with Crippen LogP contribution < -0.4 is 11.1 Å². The summed E-state index contributed by atoms with van der Waals surface area (Å²) in [6.45, 7) is 10.6. The summed E-state index contributed by atoms with van der Waals surface area (Å²) >= 11 is 0. The van der Waals surface area contributed by atoms with Crippen molar-refractivity contribution in [1.29, 1.82) is 0 Å². The molecule has 17 heavy (non-hydrogen) atoms. The molecule has 0 aliphatic heterocycles. The highest BCUT2D eigenvalue weighted by Crippen LogP contribution is 2.23. The van der Waals surface area contributed by atoms with E-state index in [9.17, 15) is 0 Å². The van der Waals surface area contributed by atoms with Crippen LogP contribution >= 0.6 is 0 Å². The summed E-state index contributed by atoms with van der Waals surface area (Å²) in [5, 5.41) is 3.58. The average Bonchev–Trinajstić information content (AvgIpc) is 2.23. The highest BCUT2D eigenvalue weighted by atomic mass is 14.9. The van der Waals surface area contributed by atoms with Crippen LogP contribution in [0.2, 0.25) is 0 Å². The molecule has 2 heteroatoms. The van der Waals surface area contributed by atoms with Gasteiger partial charge in [0.25, 0.3) is 0 Å². The molecule has 0 heterocycles. The van der Waals surface area contributed by atoms with Crippen LogP contribution in [0.3, 0.4) is 0 Å². The van der Waals surface area contributed by atoms with E-state index in [1.807, 2.05) is 0 Å². The topological polar surface area (TPSA) is 38.0 Å². The number of unbranched alkanes of at least 4 members (excludes halogenated alkanes) is 1. The van der Waals surface area contributed by atoms with Crippen LogP contribution in [0.5, 0.6) is 0 Å². The molecular weight excluding hydrogens is 208 g/mol. The first-order valence-electron chi connectivity index (χ1n) is 6.57. The lowest BCUT2D eigenvalue weighted by molar-refractivity contribution is 0.545. The summed E-state index contributed by atoms with van der Waals surface area (Å²) in [4.78, 5) is 0. The Bertz CT molecular complexity index is 335. The SMILES string of the molecule is Cc1cc(C)c(C(C)NCCCCN)c(C)c1. The van der Waals surface area contributed by atoms with Gasteiger partial charge in [0.05, 0.1) is 0 Å². The Hall–Kier alpha value is -0.860. The van der Waals surface area contributed by atoms with Crippen molar-refractivity contribution in [2.24, 2.45) is 5.73 Å². The van der Waals surface area contributed by atoms with Gasteiger partial charge in [0.2, 0.25) is 0 Å². The minimum atomic E-state index is 0.424. The van der Waals surface area contributed by atoms with E-state index in [0.717, 1.165) is 25.9 Å². The summed E-state index contributed by atoms with van der Waals surface area (Å²) < 4.78 is 0. The van der Waals surface area contributed by atoms with Crippen LogP contribution in [0.1, 0.15) is 48.1 Å². The van der Waals surface area contributed by atoms with Crippen molar-refractivity contribution in [3.8, 4) is 0 Å². The normalized spacial score (nSPS) is 12.8. The summed E-state index contributed by atoms with van der Waals surface area (Å²) in [7, 11) is 0. The third-order valence-corrected chi connectivity index (χ3v) is 3.25. The zero-order valence-electron chi connectivity index (χ0n) is 11.6. The lowest BCUT2D eigenvalue weighted by atomic mass is 9.95. The van der Waals surface area contributed by atoms with Gasteiger partial charge < -0.3 is 11.1 Å². The van der Waals surface area contributed by atoms with Crippen LogP contribution in [-0.4, -0.2) is 13.1 Å². The van der Waals surface area contributed by atoms with Crippen molar-refractivity contribution in [1.82, 2.24) is 5.32 Å². The third-order valence-electron chi connectivity index (χ3n) is 3.25. The molecular formula is C15H26N2. The fourth-order valence-corrected chi connectivity index (χ4v) is 2.56. The number of nitrogens with one attached hydrogen (secondary N) is 1. The predicted molar refractivity (Wildman–Crippen MR) is 75.4 cm³/mol. The van der Waals surface area contributed by atoms with Gasteiger partial charge in [0.1, 0.15) is 0 Å². The van der Waals surface area contributed by atoms with E-state index in [2.05, 4.69) is 45.1 Å². The highest BCUT2D eigenvalue weighted by molar-refractivity contribution is 5.39. The van der Waals surface area contributed by atoms with Gasteiger partial charge in [-0.15, -0.1) is 0 Å². The van der Waals surface area contributed by atoms with Crippen molar-refractivity contribution in [3.05, 3.63) is 34.4 Å². The minimum absolute atomic E-state index is 0.424. The number of hydrogen-bond donors (Lipinski definition) is 2. The number of benzene rings is 1. The maximum Gasteiger partial charge on any atom is 0.0297 e. The van der Waals surface area contributed by atoms with E-state index >= 15 is 0 Å². The molecule has 2 nitrogen and oxygen atoms in total. The van der Waals surface area contributed by atoms with Crippen molar-refractivity contribution in [3.63, 3.8) is 0 Å².